The lowest BCUT2D eigenvalue weighted by Gasteiger charge is -2.27. The molecule has 1 aromatic carbocycles. The zero-order chi connectivity index (χ0) is 17.1. The van der Waals surface area contributed by atoms with Crippen LogP contribution in [0.3, 0.4) is 0 Å². The monoisotopic (exact) mass is 345 g/mol. The molecule has 0 saturated carbocycles. The molecule has 1 atom stereocenters. The topological polar surface area (TPSA) is 80.3 Å². The van der Waals surface area contributed by atoms with E-state index in [1.54, 1.807) is 30.6 Å². The van der Waals surface area contributed by atoms with Crippen molar-refractivity contribution in [2.45, 2.75) is 26.0 Å². The molecular formula is C17H16ClN3O3. The smallest absolute Gasteiger partial charge is 0.228 e. The second-order valence-electron chi connectivity index (χ2n) is 5.59. The molecule has 7 heteroatoms. The number of rotatable bonds is 5. The molecule has 2 heterocycles. The van der Waals surface area contributed by atoms with E-state index in [0.29, 0.717) is 22.9 Å². The number of β-lactam (4-membered cyclic amide) rings is 1. The van der Waals surface area contributed by atoms with E-state index < -0.39 is 0 Å². The number of carbonyl (C=O) groups is 2. The number of pyridine rings is 1. The van der Waals surface area contributed by atoms with Crippen molar-refractivity contribution in [3.63, 3.8) is 0 Å². The first-order valence-electron chi connectivity index (χ1n) is 7.45. The molecule has 2 amide bonds. The average molecular weight is 346 g/mol. The molecule has 0 unspecified atom stereocenters. The van der Waals surface area contributed by atoms with Crippen molar-refractivity contribution >= 4 is 29.1 Å². The highest BCUT2D eigenvalue weighted by molar-refractivity contribution is 6.30. The van der Waals surface area contributed by atoms with Crippen molar-refractivity contribution in [1.82, 2.24) is 10.3 Å². The molecule has 1 aliphatic rings. The quantitative estimate of drug-likeness (QED) is 0.816. The Bertz CT molecular complexity index is 786. The summed E-state index contributed by atoms with van der Waals surface area (Å²) in [6.45, 7) is 1.90. The molecular weight excluding hydrogens is 330 g/mol. The first kappa shape index (κ1) is 16.3. The van der Waals surface area contributed by atoms with E-state index in [0.717, 1.165) is 11.1 Å². The Morgan fingerprint density at radius 1 is 1.46 bits per heavy atom. The molecule has 1 aromatic heterocycles. The Labute approximate surface area is 144 Å². The fourth-order valence-corrected chi connectivity index (χ4v) is 2.58. The number of anilines is 1. The van der Waals surface area contributed by atoms with Gasteiger partial charge in [0.25, 0.3) is 0 Å². The van der Waals surface area contributed by atoms with Crippen molar-refractivity contribution in [3.05, 3.63) is 52.8 Å². The number of nitrogens with one attached hydrogen (secondary N) is 2. The van der Waals surface area contributed by atoms with Crippen LogP contribution in [0.15, 0.2) is 36.7 Å². The summed E-state index contributed by atoms with van der Waals surface area (Å²) in [5.74, 6) is 0.303. The maximum Gasteiger partial charge on any atom is 0.228 e. The summed E-state index contributed by atoms with van der Waals surface area (Å²) < 4.78 is 5.60. The molecule has 0 aliphatic carbocycles. The van der Waals surface area contributed by atoms with Gasteiger partial charge in [-0.25, -0.2) is 0 Å². The molecule has 2 aromatic rings. The normalized spacial score (nSPS) is 16.1. The maximum absolute atomic E-state index is 12.2. The number of nitrogens with zero attached hydrogens (tertiary/aromatic N) is 1. The summed E-state index contributed by atoms with van der Waals surface area (Å²) in [4.78, 5) is 27.1. The minimum Gasteiger partial charge on any atom is -0.470 e. The van der Waals surface area contributed by atoms with E-state index in [2.05, 4.69) is 15.6 Å². The van der Waals surface area contributed by atoms with Gasteiger partial charge < -0.3 is 15.4 Å². The first-order chi connectivity index (χ1) is 11.5. The van der Waals surface area contributed by atoms with Crippen LogP contribution < -0.4 is 15.4 Å². The number of ether oxygens (including phenoxy) is 1. The van der Waals surface area contributed by atoms with Crippen LogP contribution in [0, 0.1) is 6.92 Å². The van der Waals surface area contributed by atoms with Crippen LogP contribution in [-0.2, 0) is 16.0 Å². The molecule has 1 aliphatic heterocycles. The van der Waals surface area contributed by atoms with Crippen molar-refractivity contribution in [2.75, 3.05) is 5.32 Å². The minimum absolute atomic E-state index is 0.0477. The van der Waals surface area contributed by atoms with Gasteiger partial charge >= 0.3 is 0 Å². The predicted molar refractivity (Wildman–Crippen MR) is 89.9 cm³/mol. The van der Waals surface area contributed by atoms with Gasteiger partial charge in [0, 0.05) is 11.2 Å². The van der Waals surface area contributed by atoms with E-state index in [1.165, 1.54) is 0 Å². The summed E-state index contributed by atoms with van der Waals surface area (Å²) in [5.41, 5.74) is 2.34. The largest absolute Gasteiger partial charge is 0.470 e. The first-order valence-corrected chi connectivity index (χ1v) is 7.83. The lowest BCUT2D eigenvalue weighted by molar-refractivity contribution is -0.134. The van der Waals surface area contributed by atoms with Gasteiger partial charge in [0.1, 0.15) is 5.75 Å². The average Bonchev–Trinajstić information content (AvgIpc) is 2.47. The standard InChI is InChI=1S/C17H16ClN3O3/c1-10-2-3-19-9-14(10)20-15(22)6-11-4-12(18)7-13(5-11)24-17-8-16(23)21-17/h2-5,7,9,17H,6,8H2,1H3,(H,20,22)(H,21,23)/t17-/m1/s1. The Morgan fingerprint density at radius 3 is 2.96 bits per heavy atom. The number of hydrogen-bond donors (Lipinski definition) is 2. The third-order valence-electron chi connectivity index (χ3n) is 3.58. The van der Waals surface area contributed by atoms with Gasteiger partial charge in [-0.15, -0.1) is 0 Å². The van der Waals surface area contributed by atoms with Gasteiger partial charge in [-0.1, -0.05) is 11.6 Å². The Kier molecular flexibility index (Phi) is 4.66. The number of amides is 2. The highest BCUT2D eigenvalue weighted by Gasteiger charge is 2.27. The number of carbonyl (C=O) groups excluding carboxylic acids is 2. The van der Waals surface area contributed by atoms with E-state index in [-0.39, 0.29) is 24.5 Å². The van der Waals surface area contributed by atoms with Crippen molar-refractivity contribution < 1.29 is 14.3 Å². The fourth-order valence-electron chi connectivity index (χ4n) is 2.33. The number of aryl methyl sites for hydroxylation is 1. The van der Waals surface area contributed by atoms with Crippen LogP contribution in [0.5, 0.6) is 5.75 Å². The van der Waals surface area contributed by atoms with Crippen molar-refractivity contribution in [1.29, 1.82) is 0 Å². The third-order valence-corrected chi connectivity index (χ3v) is 3.80. The molecule has 0 bridgehead atoms. The van der Waals surface area contributed by atoms with Crippen LogP contribution >= 0.6 is 11.6 Å². The Balaban J connectivity index is 1.65. The molecule has 6 nitrogen and oxygen atoms in total. The molecule has 124 valence electrons. The van der Waals surface area contributed by atoms with Gasteiger partial charge in [-0.05, 0) is 42.3 Å². The number of hydrogen-bond acceptors (Lipinski definition) is 4. The number of halogens is 1. The molecule has 2 N–H and O–H groups in total. The lowest BCUT2D eigenvalue weighted by Crippen LogP contribution is -2.51. The van der Waals surface area contributed by atoms with Gasteiger partial charge in [-0.3, -0.25) is 14.6 Å². The second-order valence-corrected chi connectivity index (χ2v) is 6.03. The summed E-state index contributed by atoms with van der Waals surface area (Å²) in [7, 11) is 0. The van der Waals surface area contributed by atoms with Crippen molar-refractivity contribution in [2.24, 2.45) is 0 Å². The van der Waals surface area contributed by atoms with Gasteiger partial charge in [-0.2, -0.15) is 0 Å². The molecule has 1 fully saturated rings. The van der Waals surface area contributed by atoms with Crippen LogP contribution in [0.1, 0.15) is 17.5 Å². The summed E-state index contributed by atoms with van der Waals surface area (Å²) in [6.07, 6.45) is 3.42. The summed E-state index contributed by atoms with van der Waals surface area (Å²) in [5, 5.41) is 5.91. The van der Waals surface area contributed by atoms with Gasteiger partial charge in [0.2, 0.25) is 11.8 Å². The van der Waals surface area contributed by atoms with Crippen LogP contribution in [0.2, 0.25) is 5.02 Å². The number of aromatic nitrogens is 1. The van der Waals surface area contributed by atoms with Crippen LogP contribution in [-0.4, -0.2) is 23.0 Å². The molecule has 24 heavy (non-hydrogen) atoms. The second kappa shape index (κ2) is 6.88. The third kappa shape index (κ3) is 4.02. The van der Waals surface area contributed by atoms with Crippen molar-refractivity contribution in [3.8, 4) is 5.75 Å². The molecule has 0 radical (unpaired) electrons. The highest BCUT2D eigenvalue weighted by atomic mass is 35.5. The van der Waals surface area contributed by atoms with E-state index in [4.69, 9.17) is 16.3 Å². The fraction of sp³-hybridized carbons (Fsp3) is 0.235. The van der Waals surface area contributed by atoms with Crippen LogP contribution in [0.4, 0.5) is 5.69 Å². The molecule has 3 rings (SSSR count). The highest BCUT2D eigenvalue weighted by Crippen LogP contribution is 2.24. The van der Waals surface area contributed by atoms with Gasteiger partial charge in [0.05, 0.1) is 24.7 Å². The Morgan fingerprint density at radius 2 is 2.25 bits per heavy atom. The molecule has 1 saturated heterocycles. The minimum atomic E-state index is -0.337. The van der Waals surface area contributed by atoms with Gasteiger partial charge in [0.15, 0.2) is 6.23 Å². The van der Waals surface area contributed by atoms with E-state index >= 15 is 0 Å². The zero-order valence-electron chi connectivity index (χ0n) is 13.0. The number of benzene rings is 1. The van der Waals surface area contributed by atoms with Crippen LogP contribution in [0.25, 0.3) is 0 Å². The summed E-state index contributed by atoms with van der Waals surface area (Å²) in [6, 6.07) is 6.93. The zero-order valence-corrected chi connectivity index (χ0v) is 13.8. The van der Waals surface area contributed by atoms with E-state index in [9.17, 15) is 9.59 Å². The molecule has 0 spiro atoms. The SMILES string of the molecule is Cc1ccncc1NC(=O)Cc1cc(Cl)cc(O[C@@H]2CC(=O)N2)c1. The maximum atomic E-state index is 12.2. The lowest BCUT2D eigenvalue weighted by atomic mass is 10.1. The summed E-state index contributed by atoms with van der Waals surface area (Å²) >= 11 is 6.08. The van der Waals surface area contributed by atoms with E-state index in [1.807, 2.05) is 13.0 Å². The Hall–Kier alpha value is -2.60. The predicted octanol–water partition coefficient (Wildman–Crippen LogP) is 2.45.